The van der Waals surface area contributed by atoms with Gasteiger partial charge in [0.1, 0.15) is 0 Å². The minimum Gasteiger partial charge on any atom is -0.354 e. The second-order valence-corrected chi connectivity index (χ2v) is 6.56. The maximum Gasteiger partial charge on any atom is 0.225 e. The monoisotopic (exact) mass is 288 g/mol. The SMILES string of the molecule is Cc1ccc(-c2nc(C)sc2CC(=O)NC(C)C)cc1. The predicted octanol–water partition coefficient (Wildman–Crippen LogP) is 3.49. The lowest BCUT2D eigenvalue weighted by Crippen LogP contribution is -2.31. The molecule has 1 heterocycles. The largest absolute Gasteiger partial charge is 0.354 e. The van der Waals surface area contributed by atoms with Crippen molar-refractivity contribution in [2.24, 2.45) is 0 Å². The first-order valence-electron chi connectivity index (χ1n) is 6.78. The van der Waals surface area contributed by atoms with Gasteiger partial charge in [0, 0.05) is 16.5 Å². The van der Waals surface area contributed by atoms with Crippen LogP contribution in [-0.2, 0) is 11.2 Å². The molecule has 1 amide bonds. The van der Waals surface area contributed by atoms with Gasteiger partial charge < -0.3 is 5.32 Å². The van der Waals surface area contributed by atoms with Crippen LogP contribution in [-0.4, -0.2) is 16.9 Å². The van der Waals surface area contributed by atoms with Gasteiger partial charge in [-0.3, -0.25) is 4.79 Å². The summed E-state index contributed by atoms with van der Waals surface area (Å²) in [6.45, 7) is 7.98. The average molecular weight is 288 g/mol. The average Bonchev–Trinajstić information content (AvgIpc) is 2.70. The van der Waals surface area contributed by atoms with Gasteiger partial charge in [-0.1, -0.05) is 29.8 Å². The number of amides is 1. The number of hydrogen-bond donors (Lipinski definition) is 1. The number of nitrogens with zero attached hydrogens (tertiary/aromatic N) is 1. The van der Waals surface area contributed by atoms with Crippen molar-refractivity contribution in [3.63, 3.8) is 0 Å². The van der Waals surface area contributed by atoms with Crippen LogP contribution in [0.15, 0.2) is 24.3 Å². The molecule has 106 valence electrons. The fraction of sp³-hybridized carbons (Fsp3) is 0.375. The van der Waals surface area contributed by atoms with Gasteiger partial charge >= 0.3 is 0 Å². The van der Waals surface area contributed by atoms with E-state index in [1.54, 1.807) is 11.3 Å². The molecule has 1 N–H and O–H groups in total. The molecule has 0 atom stereocenters. The summed E-state index contributed by atoms with van der Waals surface area (Å²) in [5.41, 5.74) is 3.23. The third kappa shape index (κ3) is 3.67. The van der Waals surface area contributed by atoms with E-state index in [2.05, 4.69) is 41.5 Å². The molecule has 0 saturated carbocycles. The molecule has 0 bridgehead atoms. The number of benzene rings is 1. The number of carbonyl (C=O) groups excluding carboxylic acids is 1. The van der Waals surface area contributed by atoms with E-state index >= 15 is 0 Å². The smallest absolute Gasteiger partial charge is 0.225 e. The predicted molar refractivity (Wildman–Crippen MR) is 84.0 cm³/mol. The van der Waals surface area contributed by atoms with Gasteiger partial charge in [0.15, 0.2) is 0 Å². The number of aryl methyl sites for hydroxylation is 2. The van der Waals surface area contributed by atoms with E-state index in [0.717, 1.165) is 21.1 Å². The Morgan fingerprint density at radius 3 is 2.50 bits per heavy atom. The van der Waals surface area contributed by atoms with Crippen LogP contribution in [0.3, 0.4) is 0 Å². The molecule has 3 nitrogen and oxygen atoms in total. The summed E-state index contributed by atoms with van der Waals surface area (Å²) in [5.74, 6) is 0.0528. The molecular weight excluding hydrogens is 268 g/mol. The number of carbonyl (C=O) groups is 1. The van der Waals surface area contributed by atoms with E-state index in [-0.39, 0.29) is 11.9 Å². The maximum atomic E-state index is 11.9. The summed E-state index contributed by atoms with van der Waals surface area (Å²) in [4.78, 5) is 17.6. The van der Waals surface area contributed by atoms with Crippen LogP contribution in [0.4, 0.5) is 0 Å². The molecule has 0 aliphatic heterocycles. The van der Waals surface area contributed by atoms with E-state index in [4.69, 9.17) is 0 Å². The van der Waals surface area contributed by atoms with Crippen LogP contribution in [0.5, 0.6) is 0 Å². The summed E-state index contributed by atoms with van der Waals surface area (Å²) in [5, 5.41) is 3.92. The van der Waals surface area contributed by atoms with Crippen molar-refractivity contribution in [2.75, 3.05) is 0 Å². The molecule has 0 radical (unpaired) electrons. The van der Waals surface area contributed by atoms with Crippen LogP contribution in [0.2, 0.25) is 0 Å². The Kier molecular flexibility index (Phi) is 4.55. The van der Waals surface area contributed by atoms with Crippen molar-refractivity contribution < 1.29 is 4.79 Å². The lowest BCUT2D eigenvalue weighted by Gasteiger charge is -2.08. The number of aromatic nitrogens is 1. The van der Waals surface area contributed by atoms with Gasteiger partial charge in [-0.05, 0) is 27.7 Å². The molecule has 0 saturated heterocycles. The van der Waals surface area contributed by atoms with E-state index < -0.39 is 0 Å². The van der Waals surface area contributed by atoms with Crippen molar-refractivity contribution in [3.8, 4) is 11.3 Å². The number of rotatable bonds is 4. The highest BCUT2D eigenvalue weighted by Crippen LogP contribution is 2.28. The highest BCUT2D eigenvalue weighted by molar-refractivity contribution is 7.12. The summed E-state index contributed by atoms with van der Waals surface area (Å²) in [7, 11) is 0. The summed E-state index contributed by atoms with van der Waals surface area (Å²) < 4.78 is 0. The highest BCUT2D eigenvalue weighted by atomic mass is 32.1. The first kappa shape index (κ1) is 14.7. The zero-order chi connectivity index (χ0) is 14.7. The summed E-state index contributed by atoms with van der Waals surface area (Å²) in [6.07, 6.45) is 0.396. The van der Waals surface area contributed by atoms with Gasteiger partial charge in [0.05, 0.1) is 17.1 Å². The van der Waals surface area contributed by atoms with Crippen LogP contribution >= 0.6 is 11.3 Å². The maximum absolute atomic E-state index is 11.9. The van der Waals surface area contributed by atoms with Gasteiger partial charge in [0.2, 0.25) is 5.91 Å². The first-order chi connectivity index (χ1) is 9.45. The van der Waals surface area contributed by atoms with Gasteiger partial charge in [-0.2, -0.15) is 0 Å². The topological polar surface area (TPSA) is 42.0 Å². The molecule has 0 aliphatic carbocycles. The molecule has 4 heteroatoms. The Hall–Kier alpha value is -1.68. The third-order valence-corrected chi connectivity index (χ3v) is 3.87. The highest BCUT2D eigenvalue weighted by Gasteiger charge is 2.15. The quantitative estimate of drug-likeness (QED) is 0.935. The molecule has 0 spiro atoms. The molecule has 0 unspecified atom stereocenters. The van der Waals surface area contributed by atoms with E-state index in [1.807, 2.05) is 20.8 Å². The molecule has 0 aliphatic rings. The minimum absolute atomic E-state index is 0.0528. The van der Waals surface area contributed by atoms with Crippen molar-refractivity contribution in [2.45, 2.75) is 40.2 Å². The third-order valence-electron chi connectivity index (χ3n) is 2.90. The van der Waals surface area contributed by atoms with Crippen molar-refractivity contribution in [1.82, 2.24) is 10.3 Å². The Morgan fingerprint density at radius 1 is 1.25 bits per heavy atom. The molecule has 0 fully saturated rings. The standard InChI is InChI=1S/C16H20N2OS/c1-10(2)17-15(19)9-14-16(18-12(4)20-14)13-7-5-11(3)6-8-13/h5-8,10H,9H2,1-4H3,(H,17,19). The Morgan fingerprint density at radius 2 is 1.90 bits per heavy atom. The van der Waals surface area contributed by atoms with Crippen LogP contribution in [0, 0.1) is 13.8 Å². The van der Waals surface area contributed by atoms with Crippen LogP contribution < -0.4 is 5.32 Å². The molecule has 2 aromatic rings. The zero-order valence-electron chi connectivity index (χ0n) is 12.4. The van der Waals surface area contributed by atoms with Gasteiger partial charge in [0.25, 0.3) is 0 Å². The molecule has 2 rings (SSSR count). The van der Waals surface area contributed by atoms with Crippen LogP contribution in [0.25, 0.3) is 11.3 Å². The normalized spacial score (nSPS) is 10.8. The second kappa shape index (κ2) is 6.18. The van der Waals surface area contributed by atoms with E-state index in [1.165, 1.54) is 5.56 Å². The van der Waals surface area contributed by atoms with E-state index in [9.17, 15) is 4.79 Å². The molecular formula is C16H20N2OS. The minimum atomic E-state index is 0.0528. The molecule has 20 heavy (non-hydrogen) atoms. The Labute approximate surface area is 124 Å². The van der Waals surface area contributed by atoms with Crippen LogP contribution in [0.1, 0.15) is 29.3 Å². The van der Waals surface area contributed by atoms with E-state index in [0.29, 0.717) is 6.42 Å². The number of hydrogen-bond acceptors (Lipinski definition) is 3. The van der Waals surface area contributed by atoms with Crippen molar-refractivity contribution >= 4 is 17.2 Å². The molecule has 1 aromatic heterocycles. The summed E-state index contributed by atoms with van der Waals surface area (Å²) in [6, 6.07) is 8.44. The lowest BCUT2D eigenvalue weighted by molar-refractivity contribution is -0.120. The first-order valence-corrected chi connectivity index (χ1v) is 7.60. The Balaban J connectivity index is 2.26. The lowest BCUT2D eigenvalue weighted by atomic mass is 10.1. The fourth-order valence-corrected chi connectivity index (χ4v) is 3.00. The van der Waals surface area contributed by atoms with Gasteiger partial charge in [-0.15, -0.1) is 11.3 Å². The number of thiazole rings is 1. The number of nitrogens with one attached hydrogen (secondary N) is 1. The summed E-state index contributed by atoms with van der Waals surface area (Å²) >= 11 is 1.60. The van der Waals surface area contributed by atoms with Crippen molar-refractivity contribution in [1.29, 1.82) is 0 Å². The fourth-order valence-electron chi connectivity index (χ4n) is 2.04. The second-order valence-electron chi connectivity index (χ2n) is 5.27. The zero-order valence-corrected chi connectivity index (χ0v) is 13.2. The molecule has 1 aromatic carbocycles. The van der Waals surface area contributed by atoms with Gasteiger partial charge in [-0.25, -0.2) is 4.98 Å². The Bertz CT molecular complexity index is 599. The van der Waals surface area contributed by atoms with Crippen molar-refractivity contribution in [3.05, 3.63) is 39.7 Å².